The molecule has 0 radical (unpaired) electrons. The van der Waals surface area contributed by atoms with Crippen LogP contribution >= 0.6 is 0 Å². The summed E-state index contributed by atoms with van der Waals surface area (Å²) in [6.45, 7) is 3.13. The van der Waals surface area contributed by atoms with Crippen molar-refractivity contribution < 1.29 is 14.3 Å². The summed E-state index contributed by atoms with van der Waals surface area (Å²) in [6.07, 6.45) is 7.83. The van der Waals surface area contributed by atoms with Gasteiger partial charge in [0.05, 0.1) is 13.2 Å². The summed E-state index contributed by atoms with van der Waals surface area (Å²) >= 11 is 0. The van der Waals surface area contributed by atoms with E-state index in [2.05, 4.69) is 6.08 Å². The first-order valence-corrected chi connectivity index (χ1v) is 6.15. The van der Waals surface area contributed by atoms with E-state index in [4.69, 9.17) is 9.47 Å². The second kappa shape index (κ2) is 5.11. The maximum Gasteiger partial charge on any atom is 0.169 e. The highest BCUT2D eigenvalue weighted by Crippen LogP contribution is 2.37. The van der Waals surface area contributed by atoms with Crippen LogP contribution in [0.5, 0.6) is 0 Å². The molecule has 0 atom stereocenters. The molecule has 1 spiro atoms. The van der Waals surface area contributed by atoms with Gasteiger partial charge in [0.1, 0.15) is 5.78 Å². The van der Waals surface area contributed by atoms with Gasteiger partial charge < -0.3 is 14.3 Å². The molecule has 1 aliphatic carbocycles. The number of rotatable bonds is 3. The van der Waals surface area contributed by atoms with Crippen LogP contribution in [0.1, 0.15) is 45.4 Å². The third-order valence-corrected chi connectivity index (χ3v) is 3.40. The van der Waals surface area contributed by atoms with E-state index in [1.807, 2.05) is 0 Å². The number of carbonyl (C=O) groups excluding carboxylic acids is 1. The molecule has 2 rings (SSSR count). The van der Waals surface area contributed by atoms with Crippen molar-refractivity contribution in [2.24, 2.45) is 0 Å². The van der Waals surface area contributed by atoms with E-state index in [0.29, 0.717) is 6.42 Å². The van der Waals surface area contributed by atoms with Crippen molar-refractivity contribution in [1.29, 1.82) is 0 Å². The third kappa shape index (κ3) is 2.92. The molecule has 0 amide bonds. The molecule has 1 saturated carbocycles. The minimum absolute atomic E-state index is 0.266. The lowest BCUT2D eigenvalue weighted by molar-refractivity contribution is -0.171. The minimum atomic E-state index is -0.266. The van der Waals surface area contributed by atoms with Crippen molar-refractivity contribution in [2.45, 2.75) is 51.2 Å². The summed E-state index contributed by atoms with van der Waals surface area (Å²) < 4.78 is 11.3. The van der Waals surface area contributed by atoms with Crippen LogP contribution in [0.15, 0.2) is 11.6 Å². The Bertz CT molecular complexity index is 276. The Morgan fingerprint density at radius 3 is 2.50 bits per heavy atom. The largest absolute Gasteiger partial charge is 0.348 e. The Labute approximate surface area is 96.8 Å². The zero-order valence-corrected chi connectivity index (χ0v) is 9.96. The fraction of sp³-hybridized carbons (Fsp3) is 0.769. The Morgan fingerprint density at radius 1 is 1.31 bits per heavy atom. The van der Waals surface area contributed by atoms with Crippen molar-refractivity contribution in [1.82, 2.24) is 0 Å². The highest BCUT2D eigenvalue weighted by atomic mass is 16.7. The molecule has 1 saturated heterocycles. The lowest BCUT2D eigenvalue weighted by Gasteiger charge is -2.32. The van der Waals surface area contributed by atoms with Gasteiger partial charge in [-0.05, 0) is 26.2 Å². The summed E-state index contributed by atoms with van der Waals surface area (Å²) in [5.41, 5.74) is 1.46. The maximum atomic E-state index is 10.8. The van der Waals surface area contributed by atoms with Crippen molar-refractivity contribution in [3.63, 3.8) is 0 Å². The minimum Gasteiger partial charge on any atom is -0.348 e. The second-order valence-corrected chi connectivity index (χ2v) is 4.71. The van der Waals surface area contributed by atoms with Gasteiger partial charge in [0.15, 0.2) is 5.79 Å². The predicted octanol–water partition coefficient (Wildman–Crippen LogP) is 2.60. The average molecular weight is 224 g/mol. The van der Waals surface area contributed by atoms with Crippen LogP contribution in [-0.4, -0.2) is 24.8 Å². The molecule has 90 valence electrons. The van der Waals surface area contributed by atoms with Crippen molar-refractivity contribution >= 4 is 5.78 Å². The Balaban J connectivity index is 1.78. The molecule has 0 aromatic rings. The molecule has 0 aromatic heterocycles. The lowest BCUT2D eigenvalue weighted by atomic mass is 9.89. The van der Waals surface area contributed by atoms with Crippen LogP contribution in [-0.2, 0) is 14.3 Å². The SMILES string of the molecule is CC(=O)CCC=C1CCC2(CC1)OCCO2. The molecule has 0 bridgehead atoms. The molecule has 3 nitrogen and oxygen atoms in total. The first-order valence-electron chi connectivity index (χ1n) is 6.15. The summed E-state index contributed by atoms with van der Waals surface area (Å²) in [5, 5.41) is 0. The molecule has 3 heteroatoms. The number of ether oxygens (including phenoxy) is 2. The fourth-order valence-electron chi connectivity index (χ4n) is 2.42. The van der Waals surface area contributed by atoms with E-state index in [1.54, 1.807) is 6.92 Å². The van der Waals surface area contributed by atoms with Gasteiger partial charge in [0.25, 0.3) is 0 Å². The normalized spacial score (nSPS) is 23.7. The molecular weight excluding hydrogens is 204 g/mol. The molecule has 2 fully saturated rings. The molecule has 16 heavy (non-hydrogen) atoms. The Hall–Kier alpha value is -0.670. The van der Waals surface area contributed by atoms with Crippen LogP contribution in [0.2, 0.25) is 0 Å². The van der Waals surface area contributed by atoms with Crippen molar-refractivity contribution in [3.05, 3.63) is 11.6 Å². The highest BCUT2D eigenvalue weighted by Gasteiger charge is 2.38. The van der Waals surface area contributed by atoms with Gasteiger partial charge in [-0.25, -0.2) is 0 Å². The van der Waals surface area contributed by atoms with Crippen LogP contribution < -0.4 is 0 Å². The van der Waals surface area contributed by atoms with Gasteiger partial charge in [0, 0.05) is 19.3 Å². The molecular formula is C13H20O3. The molecule has 2 aliphatic rings. The first kappa shape index (κ1) is 11.8. The number of Topliss-reactive ketones (excluding diaryl/α,β-unsaturated/α-hetero) is 1. The van der Waals surface area contributed by atoms with E-state index < -0.39 is 0 Å². The molecule has 0 N–H and O–H groups in total. The van der Waals surface area contributed by atoms with Gasteiger partial charge in [-0.1, -0.05) is 11.6 Å². The average Bonchev–Trinajstić information content (AvgIpc) is 2.70. The van der Waals surface area contributed by atoms with Crippen molar-refractivity contribution in [2.75, 3.05) is 13.2 Å². The van der Waals surface area contributed by atoms with Gasteiger partial charge >= 0.3 is 0 Å². The van der Waals surface area contributed by atoms with Crippen LogP contribution in [0.25, 0.3) is 0 Å². The maximum absolute atomic E-state index is 10.8. The highest BCUT2D eigenvalue weighted by molar-refractivity contribution is 5.75. The molecule has 1 aliphatic heterocycles. The molecule has 1 heterocycles. The monoisotopic (exact) mass is 224 g/mol. The summed E-state index contributed by atoms with van der Waals surface area (Å²) in [4.78, 5) is 10.8. The zero-order valence-electron chi connectivity index (χ0n) is 9.96. The first-order chi connectivity index (χ1) is 7.70. The van der Waals surface area contributed by atoms with E-state index in [1.165, 1.54) is 5.57 Å². The van der Waals surface area contributed by atoms with Gasteiger partial charge in [-0.2, -0.15) is 0 Å². The smallest absolute Gasteiger partial charge is 0.169 e. The number of carbonyl (C=O) groups is 1. The number of ketones is 1. The summed E-state index contributed by atoms with van der Waals surface area (Å²) in [6, 6.07) is 0. The van der Waals surface area contributed by atoms with Crippen LogP contribution in [0.3, 0.4) is 0 Å². The van der Waals surface area contributed by atoms with Gasteiger partial charge in [-0.3, -0.25) is 0 Å². The molecule has 0 aromatic carbocycles. The van der Waals surface area contributed by atoms with E-state index in [0.717, 1.165) is 45.3 Å². The third-order valence-electron chi connectivity index (χ3n) is 3.40. The number of hydrogen-bond acceptors (Lipinski definition) is 3. The summed E-state index contributed by atoms with van der Waals surface area (Å²) in [7, 11) is 0. The standard InChI is InChI=1S/C13H20O3/c1-11(14)3-2-4-12-5-7-13(8-6-12)15-9-10-16-13/h4H,2-3,5-10H2,1H3. The zero-order chi connectivity index (χ0) is 11.4. The lowest BCUT2D eigenvalue weighted by Crippen LogP contribution is -2.33. The van der Waals surface area contributed by atoms with E-state index >= 15 is 0 Å². The summed E-state index contributed by atoms with van der Waals surface area (Å²) in [5.74, 6) is 0.00403. The quantitative estimate of drug-likeness (QED) is 0.691. The topological polar surface area (TPSA) is 35.5 Å². The van der Waals surface area contributed by atoms with Crippen LogP contribution in [0, 0.1) is 0 Å². The Kier molecular flexibility index (Phi) is 3.77. The Morgan fingerprint density at radius 2 is 1.94 bits per heavy atom. The van der Waals surface area contributed by atoms with Gasteiger partial charge in [-0.15, -0.1) is 0 Å². The van der Waals surface area contributed by atoms with Crippen LogP contribution in [0.4, 0.5) is 0 Å². The van der Waals surface area contributed by atoms with Crippen molar-refractivity contribution in [3.8, 4) is 0 Å². The predicted molar refractivity (Wildman–Crippen MR) is 61.1 cm³/mol. The number of allylic oxidation sites excluding steroid dienone is 2. The van der Waals surface area contributed by atoms with Gasteiger partial charge in [0.2, 0.25) is 0 Å². The second-order valence-electron chi connectivity index (χ2n) is 4.71. The molecule has 0 unspecified atom stereocenters. The number of hydrogen-bond donors (Lipinski definition) is 0. The van der Waals surface area contributed by atoms with E-state index in [9.17, 15) is 4.79 Å². The van der Waals surface area contributed by atoms with E-state index in [-0.39, 0.29) is 11.6 Å². The fourth-order valence-corrected chi connectivity index (χ4v) is 2.42.